The molecule has 0 saturated carbocycles. The molecule has 0 bridgehead atoms. The third-order valence-electron chi connectivity index (χ3n) is 5.22. The first-order valence-electron chi connectivity index (χ1n) is 10.7. The van der Waals surface area contributed by atoms with Crippen molar-refractivity contribution in [1.29, 1.82) is 0 Å². The molecule has 11 heteroatoms. The highest BCUT2D eigenvalue weighted by molar-refractivity contribution is 5.73. The van der Waals surface area contributed by atoms with Gasteiger partial charge in [-0.05, 0) is 25.6 Å². The standard InChI is InChI=1S/C22H33N3O8/c1-15(23-2)32-13-16-4-5-18(31-9-8-30-7-6-24-14-26)12-20(16)33-21-11-17(27)10-19(22(28)29)25(21)3/h4-5,12,14,17,19,21,27H,6-11,13H2,1-3H3,(H,24,26)(H,28,29)/b23-15+. The molecule has 1 fully saturated rings. The smallest absolute Gasteiger partial charge is 0.321 e. The molecule has 0 aliphatic carbocycles. The van der Waals surface area contributed by atoms with Crippen LogP contribution in [0.4, 0.5) is 0 Å². The van der Waals surface area contributed by atoms with Crippen LogP contribution in [-0.2, 0) is 25.7 Å². The maximum Gasteiger partial charge on any atom is 0.321 e. The molecule has 1 amide bonds. The molecule has 2 rings (SSSR count). The normalized spacial score (nSPS) is 21.3. The molecule has 1 aliphatic rings. The Morgan fingerprint density at radius 1 is 1.30 bits per heavy atom. The Hall–Kier alpha value is -2.89. The van der Waals surface area contributed by atoms with Crippen molar-refractivity contribution >= 4 is 18.3 Å². The number of aliphatic hydroxyl groups is 1. The zero-order valence-electron chi connectivity index (χ0n) is 19.2. The molecule has 11 nitrogen and oxygen atoms in total. The number of amides is 1. The van der Waals surface area contributed by atoms with Gasteiger partial charge in [-0.2, -0.15) is 0 Å². The number of aliphatic carboxylic acids is 1. The van der Waals surface area contributed by atoms with Crippen molar-refractivity contribution in [2.75, 3.05) is 40.5 Å². The number of likely N-dealkylation sites (N-methyl/N-ethyl adjacent to an activating group) is 1. The molecule has 3 unspecified atom stereocenters. The van der Waals surface area contributed by atoms with Crippen LogP contribution in [0.2, 0.25) is 0 Å². The molecular formula is C22H33N3O8. The van der Waals surface area contributed by atoms with Crippen molar-refractivity contribution in [3.8, 4) is 11.5 Å². The highest BCUT2D eigenvalue weighted by Gasteiger charge is 2.38. The van der Waals surface area contributed by atoms with Crippen molar-refractivity contribution in [3.63, 3.8) is 0 Å². The van der Waals surface area contributed by atoms with E-state index in [1.807, 2.05) is 0 Å². The number of carbonyl (C=O) groups is 2. The first kappa shape index (κ1) is 26.4. The minimum atomic E-state index is -1.01. The van der Waals surface area contributed by atoms with E-state index in [1.165, 1.54) is 0 Å². The second kappa shape index (κ2) is 13.6. The summed E-state index contributed by atoms with van der Waals surface area (Å²) in [4.78, 5) is 27.4. The molecule has 1 aromatic rings. The number of carboxylic acid groups (broad SMARTS) is 1. The van der Waals surface area contributed by atoms with Gasteiger partial charge in [-0.25, -0.2) is 0 Å². The number of likely N-dealkylation sites (tertiary alicyclic amines) is 1. The SMILES string of the molecule is C/N=C(\C)OCc1ccc(OCCOCCNC=O)cc1OC1CC(O)CC(C(=O)O)N1C. The summed E-state index contributed by atoms with van der Waals surface area (Å²) < 4.78 is 22.9. The van der Waals surface area contributed by atoms with E-state index in [1.54, 1.807) is 44.1 Å². The van der Waals surface area contributed by atoms with Crippen LogP contribution in [0, 0.1) is 0 Å². The van der Waals surface area contributed by atoms with Crippen LogP contribution in [0.5, 0.6) is 11.5 Å². The number of nitrogens with zero attached hydrogens (tertiary/aromatic N) is 2. The number of aliphatic imine (C=N–C) groups is 1. The van der Waals surface area contributed by atoms with Gasteiger partial charge in [-0.3, -0.25) is 19.5 Å². The predicted molar refractivity (Wildman–Crippen MR) is 119 cm³/mol. The monoisotopic (exact) mass is 467 g/mol. The maximum atomic E-state index is 11.6. The minimum absolute atomic E-state index is 0.138. The van der Waals surface area contributed by atoms with Gasteiger partial charge >= 0.3 is 5.97 Å². The average Bonchev–Trinajstić information content (AvgIpc) is 2.79. The van der Waals surface area contributed by atoms with E-state index in [0.717, 1.165) is 5.56 Å². The summed E-state index contributed by atoms with van der Waals surface area (Å²) in [5, 5.41) is 22.2. The molecule has 1 saturated heterocycles. The van der Waals surface area contributed by atoms with Crippen molar-refractivity contribution < 1.29 is 38.7 Å². The van der Waals surface area contributed by atoms with E-state index >= 15 is 0 Å². The second-order valence-corrected chi connectivity index (χ2v) is 7.55. The van der Waals surface area contributed by atoms with Gasteiger partial charge in [0.15, 0.2) is 12.1 Å². The van der Waals surface area contributed by atoms with Gasteiger partial charge in [0, 0.05) is 38.6 Å². The number of hydrogen-bond donors (Lipinski definition) is 3. The quantitative estimate of drug-likeness (QED) is 0.165. The van der Waals surface area contributed by atoms with E-state index in [0.29, 0.717) is 50.2 Å². The Balaban J connectivity index is 2.09. The number of nitrogens with one attached hydrogen (secondary N) is 1. The molecule has 0 radical (unpaired) electrons. The topological polar surface area (TPSA) is 139 Å². The number of hydrogen-bond acceptors (Lipinski definition) is 9. The van der Waals surface area contributed by atoms with Crippen LogP contribution in [0.25, 0.3) is 0 Å². The van der Waals surface area contributed by atoms with Gasteiger partial charge in [0.1, 0.15) is 30.8 Å². The van der Waals surface area contributed by atoms with Crippen molar-refractivity contribution in [2.45, 2.75) is 44.7 Å². The molecule has 1 heterocycles. The molecule has 184 valence electrons. The Morgan fingerprint density at radius 2 is 2.09 bits per heavy atom. The van der Waals surface area contributed by atoms with Crippen molar-refractivity contribution in [1.82, 2.24) is 10.2 Å². The lowest BCUT2D eigenvalue weighted by Crippen LogP contribution is -2.54. The summed E-state index contributed by atoms with van der Waals surface area (Å²) in [6.07, 6.45) is -0.407. The number of rotatable bonds is 13. The number of ether oxygens (including phenoxy) is 4. The van der Waals surface area contributed by atoms with Gasteiger partial charge in [0.2, 0.25) is 6.41 Å². The van der Waals surface area contributed by atoms with Gasteiger partial charge in [-0.1, -0.05) is 0 Å². The third-order valence-corrected chi connectivity index (χ3v) is 5.22. The van der Waals surface area contributed by atoms with E-state index < -0.39 is 24.3 Å². The van der Waals surface area contributed by atoms with E-state index in [2.05, 4.69) is 10.3 Å². The highest BCUT2D eigenvalue weighted by atomic mass is 16.5. The van der Waals surface area contributed by atoms with Crippen LogP contribution in [-0.4, -0.2) is 92.2 Å². The summed E-state index contributed by atoms with van der Waals surface area (Å²) in [5.74, 6) is 0.503. The highest BCUT2D eigenvalue weighted by Crippen LogP contribution is 2.30. The van der Waals surface area contributed by atoms with Gasteiger partial charge in [0.25, 0.3) is 0 Å². The van der Waals surface area contributed by atoms with E-state index in [4.69, 9.17) is 18.9 Å². The molecule has 3 N–H and O–H groups in total. The molecule has 0 aromatic heterocycles. The average molecular weight is 468 g/mol. The number of piperidine rings is 1. The van der Waals surface area contributed by atoms with Crippen LogP contribution < -0.4 is 14.8 Å². The fourth-order valence-corrected chi connectivity index (χ4v) is 3.28. The minimum Gasteiger partial charge on any atom is -0.491 e. The molecule has 33 heavy (non-hydrogen) atoms. The summed E-state index contributed by atoms with van der Waals surface area (Å²) in [5.41, 5.74) is 0.724. The predicted octanol–water partition coefficient (Wildman–Crippen LogP) is 0.637. The van der Waals surface area contributed by atoms with Crippen LogP contribution in [0.3, 0.4) is 0 Å². The number of carboxylic acids is 1. The maximum absolute atomic E-state index is 11.6. The van der Waals surface area contributed by atoms with Gasteiger partial charge < -0.3 is 34.5 Å². The Morgan fingerprint density at radius 3 is 2.79 bits per heavy atom. The summed E-state index contributed by atoms with van der Waals surface area (Å²) >= 11 is 0. The van der Waals surface area contributed by atoms with Gasteiger partial charge in [-0.15, -0.1) is 0 Å². The van der Waals surface area contributed by atoms with Crippen LogP contribution >= 0.6 is 0 Å². The fourth-order valence-electron chi connectivity index (χ4n) is 3.28. The Kier molecular flexibility index (Phi) is 10.9. The summed E-state index contributed by atoms with van der Waals surface area (Å²) in [7, 11) is 3.29. The summed E-state index contributed by atoms with van der Waals surface area (Å²) in [6.45, 7) is 3.38. The lowest BCUT2D eigenvalue weighted by molar-refractivity contribution is -0.154. The Labute approximate surface area is 193 Å². The number of aliphatic hydroxyl groups excluding tert-OH is 1. The van der Waals surface area contributed by atoms with Gasteiger partial charge in [0.05, 0.1) is 19.3 Å². The van der Waals surface area contributed by atoms with Crippen molar-refractivity contribution in [2.24, 2.45) is 4.99 Å². The lowest BCUT2D eigenvalue weighted by Gasteiger charge is -2.39. The Bertz CT molecular complexity index is 804. The first-order chi connectivity index (χ1) is 15.8. The second-order valence-electron chi connectivity index (χ2n) is 7.55. The zero-order chi connectivity index (χ0) is 24.2. The summed E-state index contributed by atoms with van der Waals surface area (Å²) in [6, 6.07) is 4.43. The molecular weight excluding hydrogens is 434 g/mol. The molecule has 1 aromatic carbocycles. The molecule has 1 aliphatic heterocycles. The number of carbonyl (C=O) groups excluding carboxylic acids is 1. The number of benzene rings is 1. The first-order valence-corrected chi connectivity index (χ1v) is 10.7. The molecule has 3 atom stereocenters. The molecule has 0 spiro atoms. The van der Waals surface area contributed by atoms with Crippen molar-refractivity contribution in [3.05, 3.63) is 23.8 Å². The van der Waals surface area contributed by atoms with E-state index in [-0.39, 0.29) is 19.4 Å². The van der Waals surface area contributed by atoms with Crippen LogP contribution in [0.1, 0.15) is 25.3 Å². The third kappa shape index (κ3) is 8.52. The lowest BCUT2D eigenvalue weighted by atomic mass is 9.98. The van der Waals surface area contributed by atoms with E-state index in [9.17, 15) is 19.8 Å². The zero-order valence-corrected chi connectivity index (χ0v) is 19.2. The largest absolute Gasteiger partial charge is 0.491 e. The fraction of sp³-hybridized carbons (Fsp3) is 0.591. The van der Waals surface area contributed by atoms with Crippen LogP contribution in [0.15, 0.2) is 23.2 Å².